The van der Waals surface area contributed by atoms with Gasteiger partial charge in [-0.3, -0.25) is 14.4 Å². The molecular weight excluding hydrogens is 647 g/mol. The highest BCUT2D eigenvalue weighted by atomic mass is 28.3. The summed E-state index contributed by atoms with van der Waals surface area (Å²) in [6.45, 7) is 8.45. The number of benzene rings is 3. The van der Waals surface area contributed by atoms with Crippen LogP contribution in [0.5, 0.6) is 5.75 Å². The lowest BCUT2D eigenvalue weighted by molar-refractivity contribution is -0.150. The highest BCUT2D eigenvalue weighted by molar-refractivity contribution is 6.91. The van der Waals surface area contributed by atoms with Crippen LogP contribution < -0.4 is 19.7 Å². The van der Waals surface area contributed by atoms with Crippen molar-refractivity contribution in [2.24, 2.45) is 5.92 Å². The molecule has 9 nitrogen and oxygen atoms in total. The van der Waals surface area contributed by atoms with E-state index in [1.807, 2.05) is 75.4 Å². The van der Waals surface area contributed by atoms with Crippen LogP contribution in [0.2, 0.25) is 18.6 Å². The zero-order chi connectivity index (χ0) is 35.2. The molecule has 264 valence electrons. The number of carbonyl (C=O) groups excluding carboxylic acids is 3. The molecule has 0 radical (unpaired) electrons. The number of hydrogen-bond acceptors (Lipinski definition) is 6. The second-order valence-electron chi connectivity index (χ2n) is 15.0. The van der Waals surface area contributed by atoms with E-state index in [1.54, 1.807) is 7.11 Å². The van der Waals surface area contributed by atoms with Crippen molar-refractivity contribution in [2.75, 3.05) is 36.6 Å². The van der Waals surface area contributed by atoms with E-state index < -0.39 is 19.8 Å². The first-order chi connectivity index (χ1) is 24.1. The van der Waals surface area contributed by atoms with E-state index >= 15 is 4.79 Å². The van der Waals surface area contributed by atoms with E-state index in [0.29, 0.717) is 19.5 Å². The molecule has 0 unspecified atom stereocenters. The van der Waals surface area contributed by atoms with Gasteiger partial charge in [-0.05, 0) is 67.1 Å². The summed E-state index contributed by atoms with van der Waals surface area (Å²) in [4.78, 5) is 47.1. The predicted octanol–water partition coefficient (Wildman–Crippen LogP) is 5.35. The molecule has 4 aliphatic heterocycles. The average molecular weight is 696 g/mol. The third-order valence-corrected chi connectivity index (χ3v) is 16.3. The molecule has 3 amide bonds. The lowest BCUT2D eigenvalue weighted by atomic mass is 9.82. The fourth-order valence-corrected chi connectivity index (χ4v) is 13.3. The second-order valence-corrected chi connectivity index (χ2v) is 19.7. The van der Waals surface area contributed by atoms with E-state index in [0.717, 1.165) is 60.5 Å². The van der Waals surface area contributed by atoms with Crippen LogP contribution in [0, 0.1) is 5.92 Å². The van der Waals surface area contributed by atoms with Crippen molar-refractivity contribution in [3.05, 3.63) is 83.9 Å². The lowest BCUT2D eigenvalue weighted by Gasteiger charge is -2.37. The molecule has 0 aromatic heterocycles. The summed E-state index contributed by atoms with van der Waals surface area (Å²) in [5, 5.41) is 11.2. The van der Waals surface area contributed by atoms with E-state index in [4.69, 9.17) is 9.47 Å². The summed E-state index contributed by atoms with van der Waals surface area (Å²) in [6.07, 6.45) is 3.84. The van der Waals surface area contributed by atoms with Crippen LogP contribution in [-0.2, 0) is 31.3 Å². The van der Waals surface area contributed by atoms with Gasteiger partial charge in [0.2, 0.25) is 11.8 Å². The van der Waals surface area contributed by atoms with Crippen molar-refractivity contribution < 1.29 is 29.0 Å². The number of piperidine rings is 1. The normalized spacial score (nSPS) is 26.6. The Morgan fingerprint density at radius 3 is 2.42 bits per heavy atom. The predicted molar refractivity (Wildman–Crippen MR) is 196 cm³/mol. The van der Waals surface area contributed by atoms with Crippen molar-refractivity contribution in [2.45, 2.75) is 88.4 Å². The SMILES string of the molecule is COc1ccc([Si](C)(C)[C@H]2[C@H](CC(=O)N3CCC[C@H]3CO)O[C@@]3(C(=O)N(Cc4ccc(N5CCCCC5=O)cc4)c4ccccc43)[C@@H]2C)cc1. The molecule has 3 fully saturated rings. The number of nitrogens with zero attached hydrogens (tertiary/aromatic N) is 3. The lowest BCUT2D eigenvalue weighted by Crippen LogP contribution is -2.52. The molecule has 0 aliphatic carbocycles. The van der Waals surface area contributed by atoms with Gasteiger partial charge >= 0.3 is 0 Å². The molecule has 10 heteroatoms. The van der Waals surface area contributed by atoms with Gasteiger partial charge < -0.3 is 29.3 Å². The van der Waals surface area contributed by atoms with Gasteiger partial charge in [-0.2, -0.15) is 0 Å². The average Bonchev–Trinajstić information content (AvgIpc) is 3.79. The Morgan fingerprint density at radius 2 is 1.72 bits per heavy atom. The van der Waals surface area contributed by atoms with Gasteiger partial charge in [-0.15, -0.1) is 0 Å². The number of aliphatic hydroxyl groups is 1. The number of carbonyl (C=O) groups is 3. The van der Waals surface area contributed by atoms with Gasteiger partial charge in [0.25, 0.3) is 5.91 Å². The van der Waals surface area contributed by atoms with Crippen molar-refractivity contribution in [1.82, 2.24) is 4.90 Å². The van der Waals surface area contributed by atoms with Gasteiger partial charge in [0.1, 0.15) is 5.75 Å². The first kappa shape index (κ1) is 34.5. The van der Waals surface area contributed by atoms with Crippen LogP contribution in [0.1, 0.15) is 56.6 Å². The molecule has 4 heterocycles. The maximum Gasteiger partial charge on any atom is 0.264 e. The van der Waals surface area contributed by atoms with E-state index in [-0.39, 0.29) is 48.3 Å². The maximum absolute atomic E-state index is 15.1. The van der Waals surface area contributed by atoms with Gasteiger partial charge in [0, 0.05) is 36.7 Å². The highest BCUT2D eigenvalue weighted by Gasteiger charge is 2.66. The molecule has 7 rings (SSSR count). The van der Waals surface area contributed by atoms with Crippen LogP contribution >= 0.6 is 0 Å². The summed E-state index contributed by atoms with van der Waals surface area (Å²) < 4.78 is 12.6. The Bertz CT molecular complexity index is 1750. The number of methoxy groups -OCH3 is 1. The minimum Gasteiger partial charge on any atom is -0.497 e. The summed E-state index contributed by atoms with van der Waals surface area (Å²) in [5.74, 6) is 0.593. The summed E-state index contributed by atoms with van der Waals surface area (Å²) >= 11 is 0. The molecule has 5 atom stereocenters. The summed E-state index contributed by atoms with van der Waals surface area (Å²) in [6, 6.07) is 24.0. The third-order valence-electron chi connectivity index (χ3n) is 11.9. The van der Waals surface area contributed by atoms with E-state index in [9.17, 15) is 14.7 Å². The van der Waals surface area contributed by atoms with Crippen molar-refractivity contribution in [1.29, 1.82) is 0 Å². The number of rotatable bonds is 9. The number of amides is 3. The number of fused-ring (bicyclic) bond motifs is 2. The van der Waals surface area contributed by atoms with Crippen LogP contribution in [0.3, 0.4) is 0 Å². The van der Waals surface area contributed by atoms with Crippen LogP contribution in [0.15, 0.2) is 72.8 Å². The fourth-order valence-electron chi connectivity index (χ4n) is 9.31. The third kappa shape index (κ3) is 5.75. The minimum atomic E-state index is -2.41. The van der Waals surface area contributed by atoms with Crippen molar-refractivity contribution >= 4 is 42.4 Å². The molecule has 3 aromatic carbocycles. The number of ether oxygens (including phenoxy) is 2. The van der Waals surface area contributed by atoms with E-state index in [2.05, 4.69) is 32.2 Å². The van der Waals surface area contributed by atoms with Crippen LogP contribution in [-0.4, -0.2) is 74.8 Å². The largest absolute Gasteiger partial charge is 0.497 e. The Kier molecular flexibility index (Phi) is 9.38. The summed E-state index contributed by atoms with van der Waals surface area (Å²) in [5.41, 5.74) is 2.22. The maximum atomic E-state index is 15.1. The zero-order valence-corrected chi connectivity index (χ0v) is 30.6. The van der Waals surface area contributed by atoms with Crippen molar-refractivity contribution in [3.8, 4) is 5.75 Å². The van der Waals surface area contributed by atoms with Gasteiger partial charge in [0.15, 0.2) is 5.60 Å². The number of hydrogen-bond donors (Lipinski definition) is 1. The molecule has 1 spiro atoms. The fraction of sp³-hybridized carbons (Fsp3) is 0.475. The van der Waals surface area contributed by atoms with E-state index in [1.165, 1.54) is 5.19 Å². The number of likely N-dealkylation sites (tertiary alicyclic amines) is 1. The Balaban J connectivity index is 1.24. The quantitative estimate of drug-likeness (QED) is 0.303. The Labute approximate surface area is 296 Å². The highest BCUT2D eigenvalue weighted by Crippen LogP contribution is 2.60. The minimum absolute atomic E-state index is 0.0248. The Hall–Kier alpha value is -3.99. The molecule has 50 heavy (non-hydrogen) atoms. The van der Waals surface area contributed by atoms with Gasteiger partial charge in [0.05, 0.1) is 52.6 Å². The smallest absolute Gasteiger partial charge is 0.264 e. The van der Waals surface area contributed by atoms with Crippen LogP contribution in [0.25, 0.3) is 0 Å². The number of aliphatic hydroxyl groups excluding tert-OH is 1. The molecule has 3 saturated heterocycles. The molecule has 0 saturated carbocycles. The molecular formula is C40H49N3O6Si. The van der Waals surface area contributed by atoms with Gasteiger partial charge in [-0.1, -0.05) is 67.7 Å². The number of anilines is 2. The standard InChI is InChI=1S/C40H49N3O6Si/c1-27-38(50(3,4)32-20-18-31(48-2)19-21-32)35(24-37(46)42-23-9-10-30(42)26-44)49-40(27)33-11-5-6-12-34(33)43(39(40)47)25-28-14-16-29(17-15-28)41-22-8-7-13-36(41)45/h5-6,11-12,14-21,27,30,35,38,44H,7-10,13,22-26H2,1-4H3/t27-,30+,35+,38-,40+/m1/s1. The van der Waals surface area contributed by atoms with Gasteiger partial charge in [-0.25, -0.2) is 0 Å². The first-order valence-corrected chi connectivity index (χ1v) is 21.2. The Morgan fingerprint density at radius 1 is 0.980 bits per heavy atom. The first-order valence-electron chi connectivity index (χ1n) is 18.1. The topological polar surface area (TPSA) is 99.6 Å². The second kappa shape index (κ2) is 13.6. The molecule has 4 aliphatic rings. The molecule has 0 bridgehead atoms. The molecule has 3 aromatic rings. The monoisotopic (exact) mass is 695 g/mol. The zero-order valence-electron chi connectivity index (χ0n) is 29.6. The summed E-state index contributed by atoms with van der Waals surface area (Å²) in [7, 11) is -0.753. The number of para-hydroxylation sites is 1. The molecule has 1 N–H and O–H groups in total. The van der Waals surface area contributed by atoms with Crippen LogP contribution in [0.4, 0.5) is 11.4 Å². The van der Waals surface area contributed by atoms with Crippen molar-refractivity contribution in [3.63, 3.8) is 0 Å².